The maximum atomic E-state index is 11.0. The van der Waals surface area contributed by atoms with E-state index >= 15 is 0 Å². The van der Waals surface area contributed by atoms with Gasteiger partial charge < -0.3 is 9.47 Å². The van der Waals surface area contributed by atoms with Crippen LogP contribution in [-0.2, 0) is 14.3 Å². The number of alkyl halides is 1. The average molecular weight is 223 g/mol. The van der Waals surface area contributed by atoms with Crippen LogP contribution in [0.1, 0.15) is 32.6 Å². The summed E-state index contributed by atoms with van der Waals surface area (Å²) in [5.74, 6) is 0.345. The first-order valence-corrected chi connectivity index (χ1v) is 5.64. The van der Waals surface area contributed by atoms with Crippen molar-refractivity contribution in [3.05, 3.63) is 0 Å². The normalized spacial score (nSPS) is 10.1. The molecule has 0 aliphatic heterocycles. The Morgan fingerprint density at radius 2 is 2.00 bits per heavy atom. The molecule has 0 rings (SSSR count). The molecule has 0 aliphatic rings. The molecule has 3 nitrogen and oxygen atoms in total. The number of hydrogen-bond donors (Lipinski definition) is 0. The highest BCUT2D eigenvalue weighted by molar-refractivity contribution is 6.17. The molecule has 0 aromatic carbocycles. The molecule has 0 amide bonds. The molecule has 0 unspecified atom stereocenters. The van der Waals surface area contributed by atoms with Gasteiger partial charge in [0.2, 0.25) is 0 Å². The molecule has 0 aromatic heterocycles. The molecule has 0 saturated carbocycles. The lowest BCUT2D eigenvalue weighted by molar-refractivity contribution is -0.145. The maximum Gasteiger partial charge on any atom is 0.305 e. The highest BCUT2D eigenvalue weighted by Crippen LogP contribution is 2.00. The molecule has 4 heteroatoms. The smallest absolute Gasteiger partial charge is 0.305 e. The average Bonchev–Trinajstić information content (AvgIpc) is 2.18. The van der Waals surface area contributed by atoms with Crippen molar-refractivity contribution in [2.24, 2.45) is 0 Å². The molecule has 0 aliphatic carbocycles. The van der Waals surface area contributed by atoms with Crippen LogP contribution >= 0.6 is 11.6 Å². The van der Waals surface area contributed by atoms with Crippen LogP contribution < -0.4 is 0 Å². The SMILES string of the molecule is CCCCCC(=O)OCCOCCCl. The number of unbranched alkanes of at least 4 members (excludes halogenated alkanes) is 2. The quantitative estimate of drug-likeness (QED) is 0.341. The van der Waals surface area contributed by atoms with Crippen molar-refractivity contribution in [2.45, 2.75) is 32.6 Å². The van der Waals surface area contributed by atoms with Crippen LogP contribution in [-0.4, -0.2) is 31.7 Å². The lowest BCUT2D eigenvalue weighted by Gasteiger charge is -2.04. The van der Waals surface area contributed by atoms with Gasteiger partial charge in [0.05, 0.1) is 13.2 Å². The molecule has 14 heavy (non-hydrogen) atoms. The number of halogens is 1. The second-order valence-corrected chi connectivity index (χ2v) is 3.36. The van der Waals surface area contributed by atoms with Gasteiger partial charge in [-0.05, 0) is 6.42 Å². The van der Waals surface area contributed by atoms with Crippen molar-refractivity contribution < 1.29 is 14.3 Å². The molecule has 0 spiro atoms. The highest BCUT2D eigenvalue weighted by atomic mass is 35.5. The highest BCUT2D eigenvalue weighted by Gasteiger charge is 2.01. The minimum absolute atomic E-state index is 0.132. The number of ether oxygens (including phenoxy) is 2. The molecular formula is C10H19ClO3. The number of carbonyl (C=O) groups is 1. The van der Waals surface area contributed by atoms with Gasteiger partial charge in [0.25, 0.3) is 0 Å². The molecule has 0 aromatic rings. The van der Waals surface area contributed by atoms with Gasteiger partial charge in [-0.1, -0.05) is 19.8 Å². The summed E-state index contributed by atoms with van der Waals surface area (Å²) in [6.07, 6.45) is 3.63. The summed E-state index contributed by atoms with van der Waals surface area (Å²) < 4.78 is 9.98. The topological polar surface area (TPSA) is 35.5 Å². The van der Waals surface area contributed by atoms with Gasteiger partial charge in [-0.3, -0.25) is 4.79 Å². The van der Waals surface area contributed by atoms with E-state index in [0.29, 0.717) is 32.1 Å². The standard InChI is InChI=1S/C10H19ClO3/c1-2-3-4-5-10(12)14-9-8-13-7-6-11/h2-9H2,1H3. The van der Waals surface area contributed by atoms with Gasteiger partial charge in [-0.2, -0.15) is 0 Å². The van der Waals surface area contributed by atoms with Crippen LogP contribution in [0.3, 0.4) is 0 Å². The molecule has 0 saturated heterocycles. The molecule has 0 N–H and O–H groups in total. The zero-order valence-electron chi connectivity index (χ0n) is 8.76. The van der Waals surface area contributed by atoms with Gasteiger partial charge in [0, 0.05) is 12.3 Å². The Morgan fingerprint density at radius 3 is 2.64 bits per heavy atom. The second kappa shape index (κ2) is 10.8. The van der Waals surface area contributed by atoms with Crippen molar-refractivity contribution >= 4 is 17.6 Å². The van der Waals surface area contributed by atoms with E-state index in [1.807, 2.05) is 0 Å². The lowest BCUT2D eigenvalue weighted by Crippen LogP contribution is -2.11. The van der Waals surface area contributed by atoms with E-state index in [2.05, 4.69) is 6.92 Å². The monoisotopic (exact) mass is 222 g/mol. The first-order valence-electron chi connectivity index (χ1n) is 5.10. The first-order chi connectivity index (χ1) is 6.81. The van der Waals surface area contributed by atoms with Gasteiger partial charge in [0.15, 0.2) is 0 Å². The van der Waals surface area contributed by atoms with E-state index < -0.39 is 0 Å². The van der Waals surface area contributed by atoms with Crippen LogP contribution in [0.25, 0.3) is 0 Å². The molecule has 0 heterocycles. The Labute approximate surface area is 90.7 Å². The summed E-state index contributed by atoms with van der Waals surface area (Å²) in [7, 11) is 0. The molecule has 84 valence electrons. The van der Waals surface area contributed by atoms with Crippen LogP contribution in [0.5, 0.6) is 0 Å². The van der Waals surface area contributed by atoms with Gasteiger partial charge in [-0.15, -0.1) is 11.6 Å². The molecule has 0 fully saturated rings. The Morgan fingerprint density at radius 1 is 1.21 bits per heavy atom. The van der Waals surface area contributed by atoms with Crippen LogP contribution in [0.4, 0.5) is 0 Å². The second-order valence-electron chi connectivity index (χ2n) is 2.98. The summed E-state index contributed by atoms with van der Waals surface area (Å²) in [6, 6.07) is 0. The predicted octanol–water partition coefficient (Wildman–Crippen LogP) is 2.37. The van der Waals surface area contributed by atoms with Crippen molar-refractivity contribution in [1.29, 1.82) is 0 Å². The fourth-order valence-corrected chi connectivity index (χ4v) is 1.07. The van der Waals surface area contributed by atoms with Crippen LogP contribution in [0.15, 0.2) is 0 Å². The van der Waals surface area contributed by atoms with E-state index in [1.54, 1.807) is 0 Å². The fraction of sp³-hybridized carbons (Fsp3) is 0.900. The van der Waals surface area contributed by atoms with Gasteiger partial charge in [0.1, 0.15) is 6.61 Å². The maximum absolute atomic E-state index is 11.0. The zero-order valence-corrected chi connectivity index (χ0v) is 9.52. The zero-order chi connectivity index (χ0) is 10.6. The number of rotatable bonds is 9. The third kappa shape index (κ3) is 9.81. The van der Waals surface area contributed by atoms with Crippen molar-refractivity contribution in [2.75, 3.05) is 25.7 Å². The molecule has 0 atom stereocenters. The number of carbonyl (C=O) groups excluding carboxylic acids is 1. The van der Waals surface area contributed by atoms with E-state index in [0.717, 1.165) is 19.3 Å². The Balaban J connectivity index is 3.10. The summed E-state index contributed by atoms with van der Waals surface area (Å²) >= 11 is 5.39. The van der Waals surface area contributed by atoms with E-state index in [4.69, 9.17) is 21.1 Å². The van der Waals surface area contributed by atoms with Crippen LogP contribution in [0.2, 0.25) is 0 Å². The number of hydrogen-bond acceptors (Lipinski definition) is 3. The number of esters is 1. The third-order valence-electron chi connectivity index (χ3n) is 1.70. The molecule has 0 radical (unpaired) electrons. The summed E-state index contributed by atoms with van der Waals surface area (Å²) in [6.45, 7) is 3.38. The Kier molecular flexibility index (Phi) is 10.6. The van der Waals surface area contributed by atoms with E-state index in [-0.39, 0.29) is 5.97 Å². The minimum Gasteiger partial charge on any atom is -0.463 e. The van der Waals surface area contributed by atoms with Crippen LogP contribution in [0, 0.1) is 0 Å². The van der Waals surface area contributed by atoms with Gasteiger partial charge in [-0.25, -0.2) is 0 Å². The molecular weight excluding hydrogens is 204 g/mol. The largest absolute Gasteiger partial charge is 0.463 e. The van der Waals surface area contributed by atoms with Crippen molar-refractivity contribution in [1.82, 2.24) is 0 Å². The lowest BCUT2D eigenvalue weighted by atomic mass is 10.2. The summed E-state index contributed by atoms with van der Waals surface area (Å²) in [4.78, 5) is 11.0. The predicted molar refractivity (Wildman–Crippen MR) is 56.6 cm³/mol. The van der Waals surface area contributed by atoms with E-state index in [1.165, 1.54) is 0 Å². The first kappa shape index (κ1) is 13.7. The van der Waals surface area contributed by atoms with E-state index in [9.17, 15) is 4.79 Å². The third-order valence-corrected chi connectivity index (χ3v) is 1.85. The Bertz CT molecular complexity index is 139. The summed E-state index contributed by atoms with van der Waals surface area (Å²) in [5, 5.41) is 0. The van der Waals surface area contributed by atoms with Crippen molar-refractivity contribution in [3.8, 4) is 0 Å². The molecule has 0 bridgehead atoms. The fourth-order valence-electron chi connectivity index (χ4n) is 0.963. The van der Waals surface area contributed by atoms with Gasteiger partial charge >= 0.3 is 5.97 Å². The van der Waals surface area contributed by atoms with Crippen molar-refractivity contribution in [3.63, 3.8) is 0 Å². The summed E-state index contributed by atoms with van der Waals surface area (Å²) in [5.41, 5.74) is 0. The minimum atomic E-state index is -0.132. The Hall–Kier alpha value is -0.280.